The summed E-state index contributed by atoms with van der Waals surface area (Å²) in [6.45, 7) is 2.11. The van der Waals surface area contributed by atoms with Gasteiger partial charge in [0.05, 0.1) is 19.7 Å². The molecule has 0 heterocycles. The first-order chi connectivity index (χ1) is 10.7. The van der Waals surface area contributed by atoms with Crippen molar-refractivity contribution < 1.29 is 9.53 Å². The Balaban J connectivity index is 1.84. The van der Waals surface area contributed by atoms with Gasteiger partial charge in [0.25, 0.3) is 0 Å². The molecule has 2 aromatic carbocycles. The average Bonchev–Trinajstić information content (AvgIpc) is 2.56. The Labute approximate surface area is 130 Å². The highest BCUT2D eigenvalue weighted by Crippen LogP contribution is 2.09. The molecule has 0 unspecified atom stereocenters. The highest BCUT2D eigenvalue weighted by Gasteiger charge is 2.01. The normalized spacial score (nSPS) is 10.6. The van der Waals surface area contributed by atoms with E-state index in [1.165, 1.54) is 5.56 Å². The van der Waals surface area contributed by atoms with Crippen LogP contribution in [-0.4, -0.2) is 19.2 Å². The Kier molecular flexibility index (Phi) is 5.72. The zero-order chi connectivity index (χ0) is 15.8. The number of methoxy groups -OCH3 is 1. The van der Waals surface area contributed by atoms with Crippen LogP contribution in [0.2, 0.25) is 0 Å². The minimum absolute atomic E-state index is 0.131. The summed E-state index contributed by atoms with van der Waals surface area (Å²) in [5.41, 5.74) is 5.68. The number of rotatable bonds is 6. The lowest BCUT2D eigenvalue weighted by atomic mass is 10.1. The van der Waals surface area contributed by atoms with E-state index in [9.17, 15) is 4.79 Å². The van der Waals surface area contributed by atoms with Crippen molar-refractivity contribution >= 4 is 12.1 Å². The number of benzene rings is 2. The van der Waals surface area contributed by atoms with Crippen molar-refractivity contribution in [1.82, 2.24) is 5.43 Å². The molecule has 0 bridgehead atoms. The van der Waals surface area contributed by atoms with Gasteiger partial charge in [-0.05, 0) is 47.4 Å². The van der Waals surface area contributed by atoms with E-state index in [0.29, 0.717) is 6.42 Å². The number of hydrogen-bond donors (Lipinski definition) is 1. The number of ether oxygens (including phenoxy) is 1. The maximum Gasteiger partial charge on any atom is 0.244 e. The fourth-order valence-corrected chi connectivity index (χ4v) is 1.99. The van der Waals surface area contributed by atoms with Crippen LogP contribution in [0, 0.1) is 0 Å². The Morgan fingerprint density at radius 1 is 1.09 bits per heavy atom. The summed E-state index contributed by atoms with van der Waals surface area (Å²) in [6.07, 6.45) is 2.93. The monoisotopic (exact) mass is 296 g/mol. The van der Waals surface area contributed by atoms with Crippen LogP contribution in [0.5, 0.6) is 5.75 Å². The van der Waals surface area contributed by atoms with Crippen molar-refractivity contribution in [1.29, 1.82) is 0 Å². The molecule has 0 fully saturated rings. The maximum atomic E-state index is 11.8. The predicted octanol–water partition coefficient (Wildman–Crippen LogP) is 2.95. The molecule has 1 amide bonds. The molecule has 2 aromatic rings. The smallest absolute Gasteiger partial charge is 0.244 e. The lowest BCUT2D eigenvalue weighted by Crippen LogP contribution is -2.19. The molecule has 0 aromatic heterocycles. The summed E-state index contributed by atoms with van der Waals surface area (Å²) < 4.78 is 5.08. The Morgan fingerprint density at radius 3 is 2.32 bits per heavy atom. The summed E-state index contributed by atoms with van der Waals surface area (Å²) in [4.78, 5) is 11.8. The quantitative estimate of drug-likeness (QED) is 0.658. The first kappa shape index (κ1) is 15.8. The average molecular weight is 296 g/mol. The van der Waals surface area contributed by atoms with Gasteiger partial charge in [0.1, 0.15) is 5.75 Å². The van der Waals surface area contributed by atoms with Crippen LogP contribution < -0.4 is 10.2 Å². The number of nitrogens with one attached hydrogen (secondary N) is 1. The zero-order valence-electron chi connectivity index (χ0n) is 12.9. The minimum Gasteiger partial charge on any atom is -0.497 e. The molecule has 22 heavy (non-hydrogen) atoms. The first-order valence-electron chi connectivity index (χ1n) is 7.25. The second-order valence-corrected chi connectivity index (χ2v) is 4.91. The summed E-state index contributed by atoms with van der Waals surface area (Å²) in [5, 5.41) is 3.96. The molecule has 0 saturated heterocycles. The fourth-order valence-electron chi connectivity index (χ4n) is 1.99. The Hall–Kier alpha value is -2.62. The first-order valence-corrected chi connectivity index (χ1v) is 7.25. The van der Waals surface area contributed by atoms with Gasteiger partial charge in [-0.15, -0.1) is 0 Å². The molecule has 0 aliphatic carbocycles. The molecular weight excluding hydrogens is 276 g/mol. The van der Waals surface area contributed by atoms with Crippen LogP contribution in [0.1, 0.15) is 23.6 Å². The highest BCUT2D eigenvalue weighted by molar-refractivity contribution is 5.83. The van der Waals surface area contributed by atoms with Crippen molar-refractivity contribution in [3.63, 3.8) is 0 Å². The topological polar surface area (TPSA) is 50.7 Å². The van der Waals surface area contributed by atoms with Gasteiger partial charge in [-0.1, -0.05) is 31.2 Å². The number of aryl methyl sites for hydroxylation is 1. The largest absolute Gasteiger partial charge is 0.497 e. The van der Waals surface area contributed by atoms with Crippen LogP contribution in [0.4, 0.5) is 0 Å². The van der Waals surface area contributed by atoms with Gasteiger partial charge in [0.2, 0.25) is 5.91 Å². The van der Waals surface area contributed by atoms with E-state index in [0.717, 1.165) is 23.3 Å². The number of amides is 1. The molecule has 0 atom stereocenters. The van der Waals surface area contributed by atoms with Gasteiger partial charge in [-0.3, -0.25) is 4.79 Å². The van der Waals surface area contributed by atoms with Gasteiger partial charge in [0.15, 0.2) is 0 Å². The van der Waals surface area contributed by atoms with E-state index < -0.39 is 0 Å². The van der Waals surface area contributed by atoms with E-state index >= 15 is 0 Å². The van der Waals surface area contributed by atoms with Gasteiger partial charge in [-0.2, -0.15) is 5.10 Å². The van der Waals surface area contributed by atoms with Crippen LogP contribution >= 0.6 is 0 Å². The number of hydrazone groups is 1. The van der Waals surface area contributed by atoms with E-state index in [4.69, 9.17) is 4.74 Å². The van der Waals surface area contributed by atoms with E-state index in [2.05, 4.69) is 17.5 Å². The molecule has 1 N–H and O–H groups in total. The molecule has 0 spiro atoms. The van der Waals surface area contributed by atoms with Crippen molar-refractivity contribution in [3.05, 3.63) is 65.2 Å². The molecule has 114 valence electrons. The minimum atomic E-state index is -0.131. The second kappa shape index (κ2) is 7.98. The van der Waals surface area contributed by atoms with Crippen molar-refractivity contribution in [2.45, 2.75) is 19.8 Å². The van der Waals surface area contributed by atoms with Crippen molar-refractivity contribution in [2.24, 2.45) is 5.10 Å². The lowest BCUT2D eigenvalue weighted by molar-refractivity contribution is -0.120. The molecule has 2 rings (SSSR count). The second-order valence-electron chi connectivity index (χ2n) is 4.91. The summed E-state index contributed by atoms with van der Waals surface area (Å²) in [6, 6.07) is 15.5. The molecular formula is C18H20N2O2. The molecule has 4 heteroatoms. The third-order valence-electron chi connectivity index (χ3n) is 3.31. The summed E-state index contributed by atoms with van der Waals surface area (Å²) in [7, 11) is 1.62. The number of carbonyl (C=O) groups excluding carboxylic acids is 1. The van der Waals surface area contributed by atoms with Crippen molar-refractivity contribution in [2.75, 3.05) is 7.11 Å². The SMILES string of the molecule is CCc1ccc(CC(=O)N/N=C/c2ccc(OC)cc2)cc1. The lowest BCUT2D eigenvalue weighted by Gasteiger charge is -2.02. The van der Waals surface area contributed by atoms with Crippen LogP contribution in [0.25, 0.3) is 0 Å². The number of carbonyl (C=O) groups is 1. The van der Waals surface area contributed by atoms with Crippen LogP contribution in [-0.2, 0) is 17.6 Å². The molecule has 0 radical (unpaired) electrons. The van der Waals surface area contributed by atoms with Gasteiger partial charge in [0, 0.05) is 0 Å². The highest BCUT2D eigenvalue weighted by atomic mass is 16.5. The zero-order valence-corrected chi connectivity index (χ0v) is 12.9. The van der Waals surface area contributed by atoms with Gasteiger partial charge >= 0.3 is 0 Å². The van der Waals surface area contributed by atoms with Gasteiger partial charge < -0.3 is 4.74 Å². The standard InChI is InChI=1S/C18H20N2O2/c1-3-14-4-6-15(7-5-14)12-18(21)20-19-13-16-8-10-17(22-2)11-9-16/h4-11,13H,3,12H2,1-2H3,(H,20,21)/b19-13+. The summed E-state index contributed by atoms with van der Waals surface area (Å²) >= 11 is 0. The molecule has 0 aliphatic rings. The summed E-state index contributed by atoms with van der Waals surface area (Å²) in [5.74, 6) is 0.658. The Morgan fingerprint density at radius 2 is 1.73 bits per heavy atom. The van der Waals surface area contributed by atoms with E-state index in [1.807, 2.05) is 48.5 Å². The third kappa shape index (κ3) is 4.74. The van der Waals surface area contributed by atoms with Crippen molar-refractivity contribution in [3.8, 4) is 5.75 Å². The molecule has 0 saturated carbocycles. The van der Waals surface area contributed by atoms with E-state index in [-0.39, 0.29) is 5.91 Å². The number of nitrogens with zero attached hydrogens (tertiary/aromatic N) is 1. The molecule has 0 aliphatic heterocycles. The maximum absolute atomic E-state index is 11.8. The van der Waals surface area contributed by atoms with Gasteiger partial charge in [-0.25, -0.2) is 5.43 Å². The molecule has 4 nitrogen and oxygen atoms in total. The number of hydrogen-bond acceptors (Lipinski definition) is 3. The predicted molar refractivity (Wildman–Crippen MR) is 88.3 cm³/mol. The fraction of sp³-hybridized carbons (Fsp3) is 0.222. The van der Waals surface area contributed by atoms with Crippen LogP contribution in [0.3, 0.4) is 0 Å². The third-order valence-corrected chi connectivity index (χ3v) is 3.31. The Bertz CT molecular complexity index is 631. The van der Waals surface area contributed by atoms with E-state index in [1.54, 1.807) is 13.3 Å². The van der Waals surface area contributed by atoms with Crippen LogP contribution in [0.15, 0.2) is 53.6 Å².